The molecule has 4 aromatic carbocycles. The molecule has 0 bridgehead atoms. The summed E-state index contributed by atoms with van der Waals surface area (Å²) in [5, 5.41) is 2.54. The van der Waals surface area contributed by atoms with Crippen molar-refractivity contribution in [3.8, 4) is 11.4 Å². The van der Waals surface area contributed by atoms with Gasteiger partial charge >= 0.3 is 21.1 Å². The first-order valence-electron chi connectivity index (χ1n) is 16.5. The third-order valence-corrected chi connectivity index (χ3v) is 11.0. The van der Waals surface area contributed by atoms with Crippen LogP contribution in [0.2, 0.25) is 0 Å². The average Bonchev–Trinajstić information content (AvgIpc) is 3.63. The number of rotatable bonds is 3. The minimum absolute atomic E-state index is 0. The first-order chi connectivity index (χ1) is 22.3. The van der Waals surface area contributed by atoms with Crippen LogP contribution in [0.3, 0.4) is 0 Å². The van der Waals surface area contributed by atoms with Gasteiger partial charge in [-0.2, -0.15) is 42.1 Å². The van der Waals surface area contributed by atoms with Gasteiger partial charge < -0.3 is 23.5 Å². The number of imidazole rings is 1. The van der Waals surface area contributed by atoms with Crippen molar-refractivity contribution in [3.05, 3.63) is 137 Å². The quantitative estimate of drug-likeness (QED) is 0.132. The van der Waals surface area contributed by atoms with Gasteiger partial charge in [0.05, 0.1) is 7.05 Å². The molecule has 2 aromatic heterocycles. The first kappa shape index (κ1) is 32.5. The fraction of sp³-hybridized carbons (Fsp3) is 0.286. The number of aryl methyl sites for hydroxylation is 1. The molecule has 8 rings (SSSR count). The molecule has 0 aliphatic carbocycles. The number of benzene rings is 4. The molecule has 0 radical (unpaired) electrons. The van der Waals surface area contributed by atoms with Crippen LogP contribution in [-0.4, -0.2) is 21.1 Å². The molecule has 6 heteroatoms. The van der Waals surface area contributed by atoms with Gasteiger partial charge in [0.2, 0.25) is 6.33 Å². The van der Waals surface area contributed by atoms with E-state index in [1.165, 1.54) is 50.0 Å². The summed E-state index contributed by atoms with van der Waals surface area (Å²) in [6, 6.07) is 32.8. The number of nitrogens with zero attached hydrogens (tertiary/aromatic N) is 5. The minimum Gasteiger partial charge on any atom is -0.508 e. The van der Waals surface area contributed by atoms with Crippen LogP contribution in [0.4, 0.5) is 5.69 Å². The SMILES string of the molecule is CC1=C(C)N(c2[c-]c3c(cc2)-n2c4ccccc4c4cccc(c42)C3(C)c2[c-]c(-n3[c-][n+](C)c(C)c3C)cc(C(C)(C)C)c2)[CH-]N1C.[Pt+4]. The summed E-state index contributed by atoms with van der Waals surface area (Å²) in [7, 11) is 4.17. The van der Waals surface area contributed by atoms with Crippen molar-refractivity contribution in [3.63, 3.8) is 0 Å². The molecule has 2 aliphatic heterocycles. The summed E-state index contributed by atoms with van der Waals surface area (Å²) in [5.74, 6) is 0. The van der Waals surface area contributed by atoms with Gasteiger partial charge in [0, 0.05) is 44.3 Å². The largest absolute Gasteiger partial charge is 4.00 e. The number of fused-ring (bicyclic) bond motifs is 5. The Kier molecular flexibility index (Phi) is 7.42. The molecule has 1 atom stereocenters. The fourth-order valence-electron chi connectivity index (χ4n) is 7.60. The monoisotopic (exact) mass is 811 g/mol. The second-order valence-corrected chi connectivity index (χ2v) is 14.6. The summed E-state index contributed by atoms with van der Waals surface area (Å²) in [5.41, 5.74) is 14.7. The number of anilines is 1. The number of hydrogen-bond donors (Lipinski definition) is 0. The molecule has 6 aromatic rings. The molecule has 0 saturated heterocycles. The molecule has 5 nitrogen and oxygen atoms in total. The molecule has 0 N–H and O–H groups in total. The van der Waals surface area contributed by atoms with Gasteiger partial charge in [-0.05, 0) is 57.5 Å². The predicted octanol–water partition coefficient (Wildman–Crippen LogP) is 8.50. The molecule has 4 heterocycles. The molecular formula is C42H42N5Pt+. The number of aromatic nitrogens is 3. The molecule has 244 valence electrons. The Balaban J connectivity index is 0.00000364. The Morgan fingerprint density at radius 1 is 0.833 bits per heavy atom. The van der Waals surface area contributed by atoms with E-state index in [0.29, 0.717) is 0 Å². The molecule has 48 heavy (non-hydrogen) atoms. The zero-order chi connectivity index (χ0) is 33.2. The van der Waals surface area contributed by atoms with Crippen molar-refractivity contribution >= 4 is 27.5 Å². The van der Waals surface area contributed by atoms with E-state index in [2.05, 4.69) is 185 Å². The summed E-state index contributed by atoms with van der Waals surface area (Å²) < 4.78 is 6.71. The van der Waals surface area contributed by atoms with E-state index in [-0.39, 0.29) is 26.5 Å². The van der Waals surface area contributed by atoms with Gasteiger partial charge in [0.25, 0.3) is 0 Å². The van der Waals surface area contributed by atoms with Crippen LogP contribution in [0.5, 0.6) is 0 Å². The maximum Gasteiger partial charge on any atom is 4.00 e. The van der Waals surface area contributed by atoms with Gasteiger partial charge in [0.1, 0.15) is 0 Å². The van der Waals surface area contributed by atoms with Gasteiger partial charge in [0.15, 0.2) is 0 Å². The molecule has 0 saturated carbocycles. The summed E-state index contributed by atoms with van der Waals surface area (Å²) in [6.07, 6.45) is 3.55. The minimum atomic E-state index is -0.554. The molecular weight excluding hydrogens is 770 g/mol. The van der Waals surface area contributed by atoms with Crippen molar-refractivity contribution in [2.24, 2.45) is 7.05 Å². The Morgan fingerprint density at radius 2 is 1.56 bits per heavy atom. The van der Waals surface area contributed by atoms with E-state index in [1.54, 1.807) is 0 Å². The van der Waals surface area contributed by atoms with Crippen LogP contribution in [0.1, 0.15) is 75.2 Å². The van der Waals surface area contributed by atoms with Crippen LogP contribution in [0, 0.1) is 39.0 Å². The van der Waals surface area contributed by atoms with E-state index >= 15 is 0 Å². The van der Waals surface area contributed by atoms with E-state index in [0.717, 1.165) is 33.9 Å². The van der Waals surface area contributed by atoms with Crippen LogP contribution in [-0.2, 0) is 38.9 Å². The molecule has 2 aliphatic rings. The van der Waals surface area contributed by atoms with Gasteiger partial charge in [-0.3, -0.25) is 0 Å². The van der Waals surface area contributed by atoms with Crippen molar-refractivity contribution in [2.75, 3.05) is 11.9 Å². The van der Waals surface area contributed by atoms with E-state index in [1.807, 2.05) is 0 Å². The van der Waals surface area contributed by atoms with E-state index < -0.39 is 5.41 Å². The van der Waals surface area contributed by atoms with Crippen LogP contribution in [0.25, 0.3) is 33.2 Å². The Hall–Kier alpha value is -4.08. The van der Waals surface area contributed by atoms with Crippen molar-refractivity contribution in [1.82, 2.24) is 14.0 Å². The third-order valence-electron chi connectivity index (χ3n) is 11.0. The number of para-hydroxylation sites is 2. The van der Waals surface area contributed by atoms with Gasteiger partial charge in [-0.25, -0.2) is 0 Å². The van der Waals surface area contributed by atoms with Crippen LogP contribution < -0.4 is 9.47 Å². The van der Waals surface area contributed by atoms with Gasteiger partial charge in [-0.1, -0.05) is 75.5 Å². The first-order valence-corrected chi connectivity index (χ1v) is 16.5. The molecule has 0 fully saturated rings. The van der Waals surface area contributed by atoms with E-state index in [9.17, 15) is 0 Å². The molecule has 1 unspecified atom stereocenters. The zero-order valence-corrected chi connectivity index (χ0v) is 31.8. The maximum atomic E-state index is 4.02. The normalized spacial score (nSPS) is 17.5. The topological polar surface area (TPSA) is 20.2 Å². The maximum absolute atomic E-state index is 4.02. The van der Waals surface area contributed by atoms with Crippen molar-refractivity contribution in [1.29, 1.82) is 0 Å². The zero-order valence-electron chi connectivity index (χ0n) is 29.5. The van der Waals surface area contributed by atoms with Crippen molar-refractivity contribution in [2.45, 2.75) is 66.2 Å². The second-order valence-electron chi connectivity index (χ2n) is 14.6. The number of allylic oxidation sites excluding steroid dienone is 2. The average molecular weight is 812 g/mol. The Labute approximate surface area is 299 Å². The number of hydrogen-bond acceptors (Lipinski definition) is 2. The standard InChI is InChI=1S/C42H42N5.Pt/c1-26-28(3)45(24-43(26)9)32-18-19-39-37(23-32)42(8,36-16-13-15-35-34-14-11-12-17-38(34)47(39)40(35)36)31-20-30(41(5,6)7)21-33(22-31)46-25-44(10)27(2)29(46)4;/h11-21,24H,1-10H3;/q-3;+4. The summed E-state index contributed by atoms with van der Waals surface area (Å²) >= 11 is 0. The Morgan fingerprint density at radius 3 is 2.23 bits per heavy atom. The fourth-order valence-corrected chi connectivity index (χ4v) is 7.60. The predicted molar refractivity (Wildman–Crippen MR) is 191 cm³/mol. The third kappa shape index (κ3) is 4.43. The van der Waals surface area contributed by atoms with Crippen molar-refractivity contribution < 1.29 is 25.6 Å². The van der Waals surface area contributed by atoms with Crippen LogP contribution in [0.15, 0.2) is 78.1 Å². The van der Waals surface area contributed by atoms with E-state index in [4.69, 9.17) is 0 Å². The Bertz CT molecular complexity index is 2310. The van der Waals surface area contributed by atoms with Gasteiger partial charge in [-0.15, -0.1) is 23.4 Å². The molecule has 0 amide bonds. The smallest absolute Gasteiger partial charge is 0.508 e. The summed E-state index contributed by atoms with van der Waals surface area (Å²) in [4.78, 5) is 4.45. The molecule has 0 spiro atoms. The second kappa shape index (κ2) is 11.0. The van der Waals surface area contributed by atoms with Crippen LogP contribution >= 0.6 is 0 Å². The summed E-state index contributed by atoms with van der Waals surface area (Å²) in [6.45, 7) is 20.1.